The van der Waals surface area contributed by atoms with Gasteiger partial charge in [-0.1, -0.05) is 6.07 Å². The molecule has 1 fully saturated rings. The molecule has 0 saturated heterocycles. The van der Waals surface area contributed by atoms with Crippen LogP contribution in [0.5, 0.6) is 0 Å². The number of hydrogen-bond acceptors (Lipinski definition) is 2. The topological polar surface area (TPSA) is 29.3 Å². The van der Waals surface area contributed by atoms with E-state index < -0.39 is 0 Å². The zero-order valence-electron chi connectivity index (χ0n) is 11.9. The van der Waals surface area contributed by atoms with Crippen LogP contribution in [0.1, 0.15) is 36.8 Å². The van der Waals surface area contributed by atoms with Gasteiger partial charge in [-0.25, -0.2) is 0 Å². The summed E-state index contributed by atoms with van der Waals surface area (Å²) in [6.45, 7) is 5.50. The van der Waals surface area contributed by atoms with Gasteiger partial charge in [0.05, 0.1) is 0 Å². The van der Waals surface area contributed by atoms with Crippen LogP contribution in [-0.4, -0.2) is 19.6 Å². The van der Waals surface area contributed by atoms with Crippen molar-refractivity contribution in [3.63, 3.8) is 0 Å². The van der Waals surface area contributed by atoms with Gasteiger partial charge < -0.3 is 10.6 Å². The second-order valence-corrected chi connectivity index (χ2v) is 6.01. The average Bonchev–Trinajstić information content (AvgIpc) is 2.31. The molecule has 1 aliphatic carbocycles. The Bertz CT molecular complexity index is 372. The Balaban J connectivity index is 1.96. The Kier molecular flexibility index (Phi) is 4.28. The lowest BCUT2D eigenvalue weighted by Gasteiger charge is -2.31. The SMILES string of the molecule is Cc1cc(C)cc(N(C)CC2CCC(N)CC2)c1. The molecule has 2 nitrogen and oxygen atoms in total. The van der Waals surface area contributed by atoms with Gasteiger partial charge in [0, 0.05) is 25.3 Å². The minimum absolute atomic E-state index is 0.452. The fourth-order valence-corrected chi connectivity index (χ4v) is 3.03. The van der Waals surface area contributed by atoms with E-state index >= 15 is 0 Å². The molecule has 2 rings (SSSR count). The molecule has 0 amide bonds. The highest BCUT2D eigenvalue weighted by molar-refractivity contribution is 5.50. The van der Waals surface area contributed by atoms with E-state index in [9.17, 15) is 0 Å². The van der Waals surface area contributed by atoms with Crippen LogP contribution < -0.4 is 10.6 Å². The summed E-state index contributed by atoms with van der Waals surface area (Å²) in [4.78, 5) is 2.40. The second-order valence-electron chi connectivity index (χ2n) is 6.01. The monoisotopic (exact) mass is 246 g/mol. The summed E-state index contributed by atoms with van der Waals surface area (Å²) in [6.07, 6.45) is 4.98. The van der Waals surface area contributed by atoms with Crippen LogP contribution in [0.15, 0.2) is 18.2 Å². The Morgan fingerprint density at radius 3 is 2.17 bits per heavy atom. The minimum Gasteiger partial charge on any atom is -0.374 e. The van der Waals surface area contributed by atoms with Gasteiger partial charge in [-0.2, -0.15) is 0 Å². The molecule has 1 aliphatic rings. The molecule has 0 bridgehead atoms. The van der Waals surface area contributed by atoms with Gasteiger partial charge >= 0.3 is 0 Å². The third-order valence-corrected chi connectivity index (χ3v) is 4.07. The van der Waals surface area contributed by atoms with Crippen molar-refractivity contribution < 1.29 is 0 Å². The zero-order chi connectivity index (χ0) is 13.1. The first-order chi connectivity index (χ1) is 8.54. The van der Waals surface area contributed by atoms with Crippen molar-refractivity contribution in [1.29, 1.82) is 0 Å². The predicted octanol–water partition coefficient (Wildman–Crippen LogP) is 3.26. The average molecular weight is 246 g/mol. The molecule has 2 heteroatoms. The minimum atomic E-state index is 0.452. The van der Waals surface area contributed by atoms with E-state index in [-0.39, 0.29) is 0 Å². The number of nitrogens with zero attached hydrogens (tertiary/aromatic N) is 1. The number of hydrogen-bond donors (Lipinski definition) is 1. The Hall–Kier alpha value is -1.02. The largest absolute Gasteiger partial charge is 0.374 e. The van der Waals surface area contributed by atoms with E-state index in [2.05, 4.69) is 44.0 Å². The molecule has 0 spiro atoms. The Morgan fingerprint density at radius 2 is 1.61 bits per heavy atom. The van der Waals surface area contributed by atoms with Crippen molar-refractivity contribution >= 4 is 5.69 Å². The van der Waals surface area contributed by atoms with Crippen LogP contribution in [-0.2, 0) is 0 Å². The number of nitrogens with two attached hydrogens (primary N) is 1. The lowest BCUT2D eigenvalue weighted by atomic mass is 9.86. The van der Waals surface area contributed by atoms with E-state index in [4.69, 9.17) is 5.73 Å². The Labute approximate surface area is 111 Å². The van der Waals surface area contributed by atoms with Gasteiger partial charge in [0.2, 0.25) is 0 Å². The molecule has 18 heavy (non-hydrogen) atoms. The fraction of sp³-hybridized carbons (Fsp3) is 0.625. The van der Waals surface area contributed by atoms with Crippen LogP contribution in [0.2, 0.25) is 0 Å². The maximum Gasteiger partial charge on any atom is 0.0369 e. The van der Waals surface area contributed by atoms with E-state index in [1.54, 1.807) is 0 Å². The van der Waals surface area contributed by atoms with E-state index in [1.165, 1.54) is 42.5 Å². The first-order valence-corrected chi connectivity index (χ1v) is 7.09. The molecule has 1 saturated carbocycles. The van der Waals surface area contributed by atoms with Gasteiger partial charge in [-0.15, -0.1) is 0 Å². The lowest BCUT2D eigenvalue weighted by molar-refractivity contribution is 0.330. The summed E-state index contributed by atoms with van der Waals surface area (Å²) in [5.74, 6) is 0.815. The quantitative estimate of drug-likeness (QED) is 0.887. The molecule has 100 valence electrons. The van der Waals surface area contributed by atoms with Gasteiger partial charge in [0.25, 0.3) is 0 Å². The first kappa shape index (κ1) is 13.4. The highest BCUT2D eigenvalue weighted by atomic mass is 15.1. The summed E-state index contributed by atoms with van der Waals surface area (Å²) in [5.41, 5.74) is 10.0. The van der Waals surface area contributed by atoms with Crippen LogP contribution in [0.3, 0.4) is 0 Å². The van der Waals surface area contributed by atoms with Crippen LogP contribution >= 0.6 is 0 Å². The predicted molar refractivity (Wildman–Crippen MR) is 79.1 cm³/mol. The molecule has 0 unspecified atom stereocenters. The molecule has 2 N–H and O–H groups in total. The Morgan fingerprint density at radius 1 is 1.06 bits per heavy atom. The smallest absolute Gasteiger partial charge is 0.0369 e. The van der Waals surface area contributed by atoms with E-state index in [0.29, 0.717) is 6.04 Å². The standard InChI is InChI=1S/C16H26N2/c1-12-8-13(2)10-16(9-12)18(3)11-14-4-6-15(17)7-5-14/h8-10,14-15H,4-7,11,17H2,1-3H3. The molecule has 0 atom stereocenters. The summed E-state index contributed by atoms with van der Waals surface area (Å²) < 4.78 is 0. The molecular weight excluding hydrogens is 220 g/mol. The van der Waals surface area contributed by atoms with Crippen molar-refractivity contribution in [2.45, 2.75) is 45.6 Å². The maximum absolute atomic E-state index is 5.96. The van der Waals surface area contributed by atoms with E-state index in [0.717, 1.165) is 12.5 Å². The molecule has 0 aromatic heterocycles. The normalized spacial score (nSPS) is 24.0. The fourth-order valence-electron chi connectivity index (χ4n) is 3.03. The molecule has 1 aromatic rings. The van der Waals surface area contributed by atoms with Crippen molar-refractivity contribution in [2.24, 2.45) is 11.7 Å². The number of anilines is 1. The van der Waals surface area contributed by atoms with Crippen LogP contribution in [0.25, 0.3) is 0 Å². The van der Waals surface area contributed by atoms with Crippen molar-refractivity contribution in [2.75, 3.05) is 18.5 Å². The van der Waals surface area contributed by atoms with Gasteiger partial charge in [-0.3, -0.25) is 0 Å². The van der Waals surface area contributed by atoms with Gasteiger partial charge in [0.15, 0.2) is 0 Å². The number of rotatable bonds is 3. The summed E-state index contributed by atoms with van der Waals surface area (Å²) >= 11 is 0. The van der Waals surface area contributed by atoms with Gasteiger partial charge in [0.1, 0.15) is 0 Å². The lowest BCUT2D eigenvalue weighted by Crippen LogP contribution is -2.32. The maximum atomic E-state index is 5.96. The van der Waals surface area contributed by atoms with Crippen LogP contribution in [0.4, 0.5) is 5.69 Å². The van der Waals surface area contributed by atoms with Crippen molar-refractivity contribution in [1.82, 2.24) is 0 Å². The summed E-state index contributed by atoms with van der Waals surface area (Å²) in [5, 5.41) is 0. The highest BCUT2D eigenvalue weighted by Gasteiger charge is 2.19. The summed E-state index contributed by atoms with van der Waals surface area (Å²) in [6, 6.07) is 7.24. The highest BCUT2D eigenvalue weighted by Crippen LogP contribution is 2.26. The second kappa shape index (κ2) is 5.75. The van der Waals surface area contributed by atoms with Crippen molar-refractivity contribution in [3.8, 4) is 0 Å². The van der Waals surface area contributed by atoms with Crippen molar-refractivity contribution in [3.05, 3.63) is 29.3 Å². The van der Waals surface area contributed by atoms with E-state index in [1.807, 2.05) is 0 Å². The van der Waals surface area contributed by atoms with Gasteiger partial charge in [-0.05, 0) is 68.7 Å². The molecule has 0 heterocycles. The third-order valence-electron chi connectivity index (χ3n) is 4.07. The molecule has 0 aliphatic heterocycles. The molecule has 1 aromatic carbocycles. The summed E-state index contributed by atoms with van der Waals surface area (Å²) in [7, 11) is 2.21. The third kappa shape index (κ3) is 3.49. The number of benzene rings is 1. The first-order valence-electron chi connectivity index (χ1n) is 7.09. The zero-order valence-corrected chi connectivity index (χ0v) is 11.9. The number of aryl methyl sites for hydroxylation is 2. The molecular formula is C16H26N2. The molecule has 0 radical (unpaired) electrons. The van der Waals surface area contributed by atoms with Crippen LogP contribution in [0, 0.1) is 19.8 Å².